The maximum Gasteiger partial charge on any atom is -0.0121 e. The Balaban J connectivity index is 0.00000164. The molecule has 0 aliphatic carbocycles. The summed E-state index contributed by atoms with van der Waals surface area (Å²) in [5.74, 6) is 0. The van der Waals surface area contributed by atoms with Gasteiger partial charge in [-0.15, -0.1) is 0 Å². The summed E-state index contributed by atoms with van der Waals surface area (Å²) in [7, 11) is 0. The fraction of sp³-hybridized carbons (Fsp3) is 0.412. The van der Waals surface area contributed by atoms with Crippen LogP contribution in [0.3, 0.4) is 0 Å². The molecular formula is C34H50. The van der Waals surface area contributed by atoms with Gasteiger partial charge in [-0.1, -0.05) is 112 Å². The average molecular weight is 459 g/mol. The zero-order chi connectivity index (χ0) is 26.3. The fourth-order valence-electron chi connectivity index (χ4n) is 3.53. The van der Waals surface area contributed by atoms with E-state index >= 15 is 0 Å². The maximum atomic E-state index is 2.25. The molecule has 0 amide bonds. The Morgan fingerprint density at radius 3 is 1.44 bits per heavy atom. The largest absolute Gasteiger partial charge is 0.0686 e. The molecule has 0 fully saturated rings. The second kappa shape index (κ2) is 16.9. The Morgan fingerprint density at radius 1 is 0.588 bits per heavy atom. The molecule has 0 nitrogen and oxygen atoms in total. The number of rotatable bonds is 5. The van der Waals surface area contributed by atoms with E-state index in [9.17, 15) is 0 Å². The van der Waals surface area contributed by atoms with E-state index in [2.05, 4.69) is 144 Å². The van der Waals surface area contributed by atoms with E-state index in [1.807, 2.05) is 0 Å². The van der Waals surface area contributed by atoms with Crippen LogP contribution in [0, 0.1) is 41.5 Å². The lowest BCUT2D eigenvalue weighted by Crippen LogP contribution is -2.02. The molecule has 0 saturated carbocycles. The summed E-state index contributed by atoms with van der Waals surface area (Å²) in [5.41, 5.74) is 13.6. The highest BCUT2D eigenvalue weighted by atomic mass is 14.2. The third kappa shape index (κ3) is 10.1. The van der Waals surface area contributed by atoms with Gasteiger partial charge >= 0.3 is 0 Å². The molecular weight excluding hydrogens is 408 g/mol. The highest BCUT2D eigenvalue weighted by Gasteiger charge is 2.14. The molecule has 0 heteroatoms. The van der Waals surface area contributed by atoms with Gasteiger partial charge in [-0.05, 0) is 99.9 Å². The fourth-order valence-corrected chi connectivity index (χ4v) is 3.53. The first-order chi connectivity index (χ1) is 16.1. The van der Waals surface area contributed by atoms with Crippen LogP contribution in [0.2, 0.25) is 0 Å². The number of hydrogen-bond acceptors (Lipinski definition) is 0. The lowest BCUT2D eigenvalue weighted by molar-refractivity contribution is 1.09. The molecule has 34 heavy (non-hydrogen) atoms. The highest BCUT2D eigenvalue weighted by molar-refractivity contribution is 5.81. The summed E-state index contributed by atoms with van der Waals surface area (Å²) in [4.78, 5) is 0. The molecule has 0 aromatic heterocycles. The van der Waals surface area contributed by atoms with Crippen molar-refractivity contribution in [3.63, 3.8) is 0 Å². The molecule has 0 heterocycles. The molecule has 186 valence electrons. The summed E-state index contributed by atoms with van der Waals surface area (Å²) in [5, 5.41) is 0. The predicted molar refractivity (Wildman–Crippen MR) is 159 cm³/mol. The van der Waals surface area contributed by atoms with Crippen LogP contribution >= 0.6 is 0 Å². The van der Waals surface area contributed by atoms with Gasteiger partial charge in [0.1, 0.15) is 0 Å². The molecule has 0 aliphatic heterocycles. The van der Waals surface area contributed by atoms with Gasteiger partial charge in [0.25, 0.3) is 0 Å². The van der Waals surface area contributed by atoms with Crippen molar-refractivity contribution in [3.8, 4) is 0 Å². The van der Waals surface area contributed by atoms with Crippen LogP contribution in [-0.4, -0.2) is 0 Å². The molecule has 0 unspecified atom stereocenters. The summed E-state index contributed by atoms with van der Waals surface area (Å²) in [6.07, 6.45) is 15.3. The number of hydrogen-bond donors (Lipinski definition) is 0. The van der Waals surface area contributed by atoms with E-state index in [-0.39, 0.29) is 0 Å². The number of benzene rings is 2. The van der Waals surface area contributed by atoms with Gasteiger partial charge in [0.15, 0.2) is 0 Å². The van der Waals surface area contributed by atoms with Crippen molar-refractivity contribution in [2.24, 2.45) is 0 Å². The van der Waals surface area contributed by atoms with E-state index < -0.39 is 0 Å². The Labute approximate surface area is 212 Å². The molecule has 0 radical (unpaired) electrons. The van der Waals surface area contributed by atoms with Crippen LogP contribution in [0.4, 0.5) is 0 Å². The Hall–Kier alpha value is -2.60. The molecule has 2 aromatic rings. The third-order valence-electron chi connectivity index (χ3n) is 5.77. The van der Waals surface area contributed by atoms with Crippen molar-refractivity contribution in [2.45, 2.75) is 95.9 Å². The van der Waals surface area contributed by atoms with Crippen LogP contribution in [0.1, 0.15) is 98.9 Å². The number of allylic oxidation sites excluding steroid dienone is 7. The standard InChI is InChI=1S/C28H34.2C3H8/c1-19(2)27(28-24(7)22(5)21(4)23(6)25(28)8)14-12-10-9-11-13-26-17-15-20(3)16-18-26;2*1-3-2/h9-18H,1-8H3;2*3H2,1-2H3/b10-9+,13-11+,14-12+;;. The molecule has 0 atom stereocenters. The van der Waals surface area contributed by atoms with Gasteiger partial charge in [0.05, 0.1) is 0 Å². The first-order valence-electron chi connectivity index (χ1n) is 12.9. The molecule has 0 bridgehead atoms. The van der Waals surface area contributed by atoms with Crippen LogP contribution < -0.4 is 0 Å². The van der Waals surface area contributed by atoms with E-state index in [0.29, 0.717) is 0 Å². The van der Waals surface area contributed by atoms with Crippen molar-refractivity contribution in [3.05, 3.63) is 105 Å². The van der Waals surface area contributed by atoms with E-state index in [4.69, 9.17) is 0 Å². The van der Waals surface area contributed by atoms with Crippen molar-refractivity contribution < 1.29 is 0 Å². The minimum Gasteiger partial charge on any atom is -0.0686 e. The minimum absolute atomic E-state index is 1.22. The molecule has 0 spiro atoms. The quantitative estimate of drug-likeness (QED) is 0.391. The van der Waals surface area contributed by atoms with Gasteiger partial charge < -0.3 is 0 Å². The highest BCUT2D eigenvalue weighted by Crippen LogP contribution is 2.33. The van der Waals surface area contributed by atoms with Crippen LogP contribution in [0.15, 0.2) is 60.2 Å². The monoisotopic (exact) mass is 458 g/mol. The summed E-state index contributed by atoms with van der Waals surface area (Å²) < 4.78 is 0. The van der Waals surface area contributed by atoms with E-state index in [1.165, 1.54) is 68.5 Å². The van der Waals surface area contributed by atoms with Crippen LogP contribution in [-0.2, 0) is 0 Å². The van der Waals surface area contributed by atoms with Gasteiger partial charge in [0.2, 0.25) is 0 Å². The molecule has 0 saturated heterocycles. The number of aryl methyl sites for hydroxylation is 1. The first-order valence-corrected chi connectivity index (χ1v) is 12.9. The summed E-state index contributed by atoms with van der Waals surface area (Å²) >= 11 is 0. The van der Waals surface area contributed by atoms with Gasteiger partial charge in [-0.2, -0.15) is 0 Å². The predicted octanol–water partition coefficient (Wildman–Crippen LogP) is 11.0. The van der Waals surface area contributed by atoms with E-state index in [1.54, 1.807) is 0 Å². The van der Waals surface area contributed by atoms with Crippen molar-refractivity contribution in [1.82, 2.24) is 0 Å². The topological polar surface area (TPSA) is 0 Å². The summed E-state index contributed by atoms with van der Waals surface area (Å²) in [6, 6.07) is 8.57. The van der Waals surface area contributed by atoms with Crippen molar-refractivity contribution >= 4 is 11.6 Å². The van der Waals surface area contributed by atoms with Gasteiger partial charge in [-0.25, -0.2) is 0 Å². The van der Waals surface area contributed by atoms with Gasteiger partial charge in [-0.3, -0.25) is 0 Å². The Morgan fingerprint density at radius 2 is 1.00 bits per heavy atom. The average Bonchev–Trinajstić information content (AvgIpc) is 2.79. The second-order valence-electron chi connectivity index (χ2n) is 9.34. The SMILES string of the molecule is CC(C)=C(/C=C/C=C/C=C/c1ccc(C)cc1)c1c(C)c(C)c(C)c(C)c1C.CCC.CCC. The Bertz CT molecular complexity index is 954. The second-order valence-corrected chi connectivity index (χ2v) is 9.34. The zero-order valence-electron chi connectivity index (χ0n) is 24.2. The maximum absolute atomic E-state index is 2.25. The third-order valence-corrected chi connectivity index (χ3v) is 5.77. The normalized spacial score (nSPS) is 10.8. The Kier molecular flexibility index (Phi) is 15.6. The van der Waals surface area contributed by atoms with Crippen molar-refractivity contribution in [1.29, 1.82) is 0 Å². The molecule has 0 N–H and O–H groups in total. The lowest BCUT2D eigenvalue weighted by Gasteiger charge is -2.20. The van der Waals surface area contributed by atoms with Gasteiger partial charge in [0, 0.05) is 0 Å². The van der Waals surface area contributed by atoms with E-state index in [0.717, 1.165) is 0 Å². The zero-order valence-corrected chi connectivity index (χ0v) is 24.2. The molecule has 2 aromatic carbocycles. The first kappa shape index (κ1) is 31.4. The smallest absolute Gasteiger partial charge is 0.0121 e. The minimum atomic E-state index is 1.22. The lowest BCUT2D eigenvalue weighted by atomic mass is 9.84. The summed E-state index contributed by atoms with van der Waals surface area (Å²) in [6.45, 7) is 26.2. The van der Waals surface area contributed by atoms with Crippen LogP contribution in [0.25, 0.3) is 11.6 Å². The molecule has 0 aliphatic rings. The molecule has 2 rings (SSSR count). The van der Waals surface area contributed by atoms with Crippen LogP contribution in [0.5, 0.6) is 0 Å². The van der Waals surface area contributed by atoms with Crippen molar-refractivity contribution in [2.75, 3.05) is 0 Å².